The van der Waals surface area contributed by atoms with Gasteiger partial charge in [0.05, 0.1) is 10.3 Å². The third-order valence-electron chi connectivity index (χ3n) is 6.61. The van der Waals surface area contributed by atoms with E-state index in [1.165, 1.54) is 43.0 Å². The second kappa shape index (κ2) is 7.78. The van der Waals surface area contributed by atoms with Gasteiger partial charge in [0.25, 0.3) is 5.69 Å². The molecule has 2 heterocycles. The molecule has 0 radical (unpaired) electrons. The van der Waals surface area contributed by atoms with Gasteiger partial charge in [-0.1, -0.05) is 50.8 Å². The Kier molecular flexibility index (Phi) is 5.31. The molecule has 1 atom stereocenters. The zero-order valence-corrected chi connectivity index (χ0v) is 18.1. The summed E-state index contributed by atoms with van der Waals surface area (Å²) < 4.78 is 6.72. The van der Waals surface area contributed by atoms with Crippen molar-refractivity contribution < 1.29 is 9.66 Å². The summed E-state index contributed by atoms with van der Waals surface area (Å²) in [5.41, 5.74) is 2.40. The van der Waals surface area contributed by atoms with E-state index < -0.39 is 5.72 Å². The smallest absolute Gasteiger partial charge is 0.270 e. The maximum absolute atomic E-state index is 11.2. The van der Waals surface area contributed by atoms with E-state index in [0.717, 1.165) is 18.5 Å². The average Bonchev–Trinajstić information content (AvgIpc) is 2.92. The molecule has 2 aromatic carbocycles. The number of unbranched alkanes of at least 4 members (excludes halogenated alkanes) is 4. The van der Waals surface area contributed by atoms with E-state index in [1.54, 1.807) is 12.1 Å². The first-order chi connectivity index (χ1) is 14.4. The second-order valence-electron chi connectivity index (χ2n) is 8.82. The predicted octanol–water partition coefficient (Wildman–Crippen LogP) is 6.46. The minimum atomic E-state index is -0.648. The molecule has 1 unspecified atom stereocenters. The van der Waals surface area contributed by atoms with Gasteiger partial charge >= 0.3 is 0 Å². The number of anilines is 1. The Balaban J connectivity index is 1.71. The van der Waals surface area contributed by atoms with Crippen LogP contribution in [0.4, 0.5) is 11.4 Å². The highest BCUT2D eigenvalue weighted by atomic mass is 16.6. The monoisotopic (exact) mass is 406 g/mol. The summed E-state index contributed by atoms with van der Waals surface area (Å²) in [4.78, 5) is 13.2. The summed E-state index contributed by atoms with van der Waals surface area (Å²) in [5.74, 6) is 0.694. The van der Waals surface area contributed by atoms with Gasteiger partial charge in [0.15, 0.2) is 0 Å². The zero-order chi connectivity index (χ0) is 21.4. The van der Waals surface area contributed by atoms with Crippen molar-refractivity contribution in [2.24, 2.45) is 0 Å². The second-order valence-corrected chi connectivity index (χ2v) is 8.82. The van der Waals surface area contributed by atoms with Gasteiger partial charge in [-0.15, -0.1) is 0 Å². The molecular weight excluding hydrogens is 376 g/mol. The van der Waals surface area contributed by atoms with Crippen LogP contribution in [0.1, 0.15) is 64.0 Å². The van der Waals surface area contributed by atoms with Crippen LogP contribution in [0.15, 0.2) is 48.5 Å². The van der Waals surface area contributed by atoms with Gasteiger partial charge in [0.1, 0.15) is 5.75 Å². The fourth-order valence-corrected chi connectivity index (χ4v) is 4.86. The lowest BCUT2D eigenvalue weighted by Gasteiger charge is -2.47. The van der Waals surface area contributed by atoms with Crippen molar-refractivity contribution in [3.8, 4) is 5.75 Å². The molecule has 2 aliphatic heterocycles. The minimum absolute atomic E-state index is 0.0831. The molecule has 0 saturated carbocycles. The maximum atomic E-state index is 11.2. The Morgan fingerprint density at radius 2 is 1.83 bits per heavy atom. The molecular formula is C25H30N2O3. The van der Waals surface area contributed by atoms with E-state index in [-0.39, 0.29) is 16.0 Å². The van der Waals surface area contributed by atoms with Crippen LogP contribution in [0.2, 0.25) is 0 Å². The largest absolute Gasteiger partial charge is 0.463 e. The van der Waals surface area contributed by atoms with E-state index in [1.807, 2.05) is 6.08 Å². The SMILES string of the molecule is CCCCCCCN1c2ccccc2C(C)(C)C12C=Cc1cc([N+](=O)[O-])ccc1O2. The Morgan fingerprint density at radius 1 is 1.07 bits per heavy atom. The summed E-state index contributed by atoms with van der Waals surface area (Å²) in [5, 5.41) is 11.2. The Hall–Kier alpha value is -2.82. The average molecular weight is 407 g/mol. The summed E-state index contributed by atoms with van der Waals surface area (Å²) in [7, 11) is 0. The van der Waals surface area contributed by atoms with Crippen LogP contribution in [0.3, 0.4) is 0 Å². The molecule has 0 bridgehead atoms. The molecule has 0 N–H and O–H groups in total. The molecule has 5 heteroatoms. The molecule has 2 aliphatic rings. The number of hydrogen-bond donors (Lipinski definition) is 0. The molecule has 0 fully saturated rings. The van der Waals surface area contributed by atoms with Crippen molar-refractivity contribution in [1.29, 1.82) is 0 Å². The van der Waals surface area contributed by atoms with Crippen molar-refractivity contribution in [3.05, 3.63) is 69.8 Å². The van der Waals surface area contributed by atoms with Gasteiger partial charge in [-0.25, -0.2) is 0 Å². The van der Waals surface area contributed by atoms with E-state index in [0.29, 0.717) is 5.75 Å². The predicted molar refractivity (Wildman–Crippen MR) is 121 cm³/mol. The maximum Gasteiger partial charge on any atom is 0.270 e. The van der Waals surface area contributed by atoms with Crippen molar-refractivity contribution in [2.45, 2.75) is 64.0 Å². The van der Waals surface area contributed by atoms with Crippen LogP contribution in [0, 0.1) is 10.1 Å². The van der Waals surface area contributed by atoms with Crippen LogP contribution in [0.5, 0.6) is 5.75 Å². The number of non-ortho nitro benzene ring substituents is 1. The Morgan fingerprint density at radius 3 is 2.60 bits per heavy atom. The fraction of sp³-hybridized carbons (Fsp3) is 0.440. The van der Waals surface area contributed by atoms with Crippen molar-refractivity contribution in [2.75, 3.05) is 11.4 Å². The number of fused-ring (bicyclic) bond motifs is 2. The summed E-state index contributed by atoms with van der Waals surface area (Å²) in [6.45, 7) is 7.60. The lowest BCUT2D eigenvalue weighted by Crippen LogP contribution is -2.59. The highest BCUT2D eigenvalue weighted by molar-refractivity contribution is 5.73. The number of nitro benzene ring substituents is 1. The zero-order valence-electron chi connectivity index (χ0n) is 18.1. The minimum Gasteiger partial charge on any atom is -0.463 e. The number of nitro groups is 1. The van der Waals surface area contributed by atoms with Gasteiger partial charge in [-0.2, -0.15) is 0 Å². The van der Waals surface area contributed by atoms with Crippen LogP contribution in [-0.2, 0) is 5.41 Å². The molecule has 0 aromatic heterocycles. The lowest BCUT2D eigenvalue weighted by atomic mass is 9.76. The quantitative estimate of drug-likeness (QED) is 0.301. The van der Waals surface area contributed by atoms with Gasteiger partial charge in [-0.3, -0.25) is 10.1 Å². The van der Waals surface area contributed by atoms with E-state index in [9.17, 15) is 10.1 Å². The molecule has 2 aromatic rings. The van der Waals surface area contributed by atoms with Crippen molar-refractivity contribution in [1.82, 2.24) is 0 Å². The fourth-order valence-electron chi connectivity index (χ4n) is 4.86. The van der Waals surface area contributed by atoms with Crippen LogP contribution in [-0.4, -0.2) is 17.2 Å². The summed E-state index contributed by atoms with van der Waals surface area (Å²) >= 11 is 0. The number of para-hydroxylation sites is 1. The van der Waals surface area contributed by atoms with Crippen LogP contribution >= 0.6 is 0 Å². The van der Waals surface area contributed by atoms with E-state index in [2.05, 4.69) is 56.0 Å². The van der Waals surface area contributed by atoms with Crippen molar-refractivity contribution >= 4 is 17.5 Å². The number of hydrogen-bond acceptors (Lipinski definition) is 4. The topological polar surface area (TPSA) is 55.6 Å². The lowest BCUT2D eigenvalue weighted by molar-refractivity contribution is -0.384. The van der Waals surface area contributed by atoms with E-state index in [4.69, 9.17) is 4.74 Å². The molecule has 1 spiro atoms. The summed E-state index contributed by atoms with van der Waals surface area (Å²) in [6, 6.07) is 13.4. The van der Waals surface area contributed by atoms with Gasteiger partial charge in [0.2, 0.25) is 5.72 Å². The Bertz CT molecular complexity index is 982. The molecule has 158 valence electrons. The van der Waals surface area contributed by atoms with Crippen molar-refractivity contribution in [3.63, 3.8) is 0 Å². The van der Waals surface area contributed by atoms with Gasteiger partial charge in [0, 0.05) is 29.9 Å². The first-order valence-electron chi connectivity index (χ1n) is 10.9. The number of benzene rings is 2. The first-order valence-corrected chi connectivity index (χ1v) is 10.9. The summed E-state index contributed by atoms with van der Waals surface area (Å²) in [6.07, 6.45) is 10.2. The standard InChI is InChI=1S/C25H30N2O3/c1-4-5-6-7-10-17-26-22-12-9-8-11-21(22)24(2,3)25(26)16-15-19-18-20(27(28)29)13-14-23(19)30-25/h8-9,11-16,18H,4-7,10,17H2,1-3H3. The van der Waals surface area contributed by atoms with Crippen LogP contribution in [0.25, 0.3) is 6.08 Å². The highest BCUT2D eigenvalue weighted by Gasteiger charge is 2.58. The number of nitrogens with zero attached hydrogens (tertiary/aromatic N) is 2. The van der Waals surface area contributed by atoms with Gasteiger partial charge in [-0.05, 0) is 50.1 Å². The molecule has 0 saturated heterocycles. The molecule has 4 rings (SSSR count). The third kappa shape index (κ3) is 3.17. The molecule has 30 heavy (non-hydrogen) atoms. The normalized spacial score (nSPS) is 20.7. The molecule has 5 nitrogen and oxygen atoms in total. The van der Waals surface area contributed by atoms with Gasteiger partial charge < -0.3 is 9.64 Å². The first kappa shape index (κ1) is 20.5. The number of rotatable bonds is 7. The third-order valence-corrected chi connectivity index (χ3v) is 6.61. The van der Waals surface area contributed by atoms with E-state index >= 15 is 0 Å². The molecule has 0 amide bonds. The highest BCUT2D eigenvalue weighted by Crippen LogP contribution is 2.55. The number of ether oxygens (including phenoxy) is 1. The van der Waals surface area contributed by atoms with Crippen LogP contribution < -0.4 is 9.64 Å². The Labute approximate surface area is 178 Å². The molecule has 0 aliphatic carbocycles.